The monoisotopic (exact) mass is 270 g/mol. The van der Waals surface area contributed by atoms with Crippen molar-refractivity contribution in [3.8, 4) is 0 Å². The van der Waals surface area contributed by atoms with Gasteiger partial charge < -0.3 is 0 Å². The van der Waals surface area contributed by atoms with Crippen LogP contribution in [0.2, 0.25) is 0 Å². The van der Waals surface area contributed by atoms with Crippen LogP contribution in [0, 0.1) is 17.5 Å². The molecule has 0 heterocycles. The molecule has 1 unspecified atom stereocenters. The first-order valence-electron chi connectivity index (χ1n) is 5.40. The maximum atomic E-state index is 13.5. The number of halogens is 4. The quantitative estimate of drug-likeness (QED) is 0.714. The Morgan fingerprint density at radius 2 is 1.50 bits per heavy atom. The van der Waals surface area contributed by atoms with Crippen molar-refractivity contribution in [2.45, 2.75) is 11.8 Å². The predicted octanol–water partition coefficient (Wildman–Crippen LogP) is 4.63. The van der Waals surface area contributed by atoms with Crippen LogP contribution in [0.15, 0.2) is 42.5 Å². The summed E-state index contributed by atoms with van der Waals surface area (Å²) in [6.07, 6.45) is 0.308. The molecule has 4 heteroatoms. The fraction of sp³-hybridized carbons (Fsp3) is 0.143. The van der Waals surface area contributed by atoms with E-state index in [2.05, 4.69) is 0 Å². The minimum Gasteiger partial charge on any atom is -0.207 e. The average molecular weight is 271 g/mol. The van der Waals surface area contributed by atoms with E-state index in [1.165, 1.54) is 12.1 Å². The molecule has 18 heavy (non-hydrogen) atoms. The maximum absolute atomic E-state index is 13.5. The van der Waals surface area contributed by atoms with Crippen molar-refractivity contribution in [3.05, 3.63) is 71.0 Å². The smallest absolute Gasteiger partial charge is 0.128 e. The molecule has 94 valence electrons. The highest BCUT2D eigenvalue weighted by molar-refractivity contribution is 6.20. The van der Waals surface area contributed by atoms with Crippen LogP contribution in [0.4, 0.5) is 13.2 Å². The Kier molecular flexibility index (Phi) is 3.92. The van der Waals surface area contributed by atoms with Gasteiger partial charge in [-0.05, 0) is 42.3 Å². The third-order valence-corrected chi connectivity index (χ3v) is 3.01. The first kappa shape index (κ1) is 13.0. The standard InChI is InChI=1S/C14H10ClF3/c15-13(7-9-1-3-10(16)4-2-9)12-8-11(17)5-6-14(12)18/h1-6,8,13H,7H2. The summed E-state index contributed by atoms with van der Waals surface area (Å²) in [5.41, 5.74) is 0.876. The Labute approximate surface area is 108 Å². The summed E-state index contributed by atoms with van der Waals surface area (Å²) in [6, 6.07) is 8.92. The SMILES string of the molecule is Fc1ccc(CC(Cl)c2cc(F)ccc2F)cc1. The lowest BCUT2D eigenvalue weighted by molar-refractivity contribution is 0.581. The van der Waals surface area contributed by atoms with Gasteiger partial charge in [0.2, 0.25) is 0 Å². The number of benzene rings is 2. The molecule has 0 radical (unpaired) electrons. The molecule has 0 aliphatic heterocycles. The van der Waals surface area contributed by atoms with Gasteiger partial charge in [0.15, 0.2) is 0 Å². The van der Waals surface area contributed by atoms with Gasteiger partial charge in [0.1, 0.15) is 17.5 Å². The molecule has 0 aliphatic rings. The highest BCUT2D eigenvalue weighted by Gasteiger charge is 2.14. The van der Waals surface area contributed by atoms with Crippen LogP contribution in [-0.2, 0) is 6.42 Å². The van der Waals surface area contributed by atoms with Gasteiger partial charge >= 0.3 is 0 Å². The minimum absolute atomic E-state index is 0.112. The molecule has 0 bridgehead atoms. The van der Waals surface area contributed by atoms with E-state index in [1.807, 2.05) is 0 Å². The van der Waals surface area contributed by atoms with E-state index in [1.54, 1.807) is 12.1 Å². The molecule has 0 aliphatic carbocycles. The normalized spacial score (nSPS) is 12.4. The number of alkyl halides is 1. The fourth-order valence-electron chi connectivity index (χ4n) is 1.69. The molecule has 0 N–H and O–H groups in total. The van der Waals surface area contributed by atoms with Gasteiger partial charge in [-0.25, -0.2) is 13.2 Å². The third-order valence-electron chi connectivity index (χ3n) is 2.62. The zero-order valence-electron chi connectivity index (χ0n) is 9.34. The first-order chi connectivity index (χ1) is 8.56. The molecule has 0 amide bonds. The van der Waals surface area contributed by atoms with Crippen molar-refractivity contribution in [2.24, 2.45) is 0 Å². The van der Waals surface area contributed by atoms with E-state index in [0.717, 1.165) is 23.8 Å². The largest absolute Gasteiger partial charge is 0.207 e. The van der Waals surface area contributed by atoms with Gasteiger partial charge in [-0.1, -0.05) is 12.1 Å². The van der Waals surface area contributed by atoms with Crippen molar-refractivity contribution in [2.75, 3.05) is 0 Å². The Morgan fingerprint density at radius 3 is 2.17 bits per heavy atom. The molecule has 2 rings (SSSR count). The molecule has 0 spiro atoms. The van der Waals surface area contributed by atoms with Crippen molar-refractivity contribution >= 4 is 11.6 Å². The second-order valence-electron chi connectivity index (χ2n) is 3.96. The van der Waals surface area contributed by atoms with E-state index in [4.69, 9.17) is 11.6 Å². The van der Waals surface area contributed by atoms with Crippen molar-refractivity contribution in [1.82, 2.24) is 0 Å². The average Bonchev–Trinajstić information content (AvgIpc) is 2.35. The summed E-state index contributed by atoms with van der Waals surface area (Å²) in [5.74, 6) is -1.42. The Morgan fingerprint density at radius 1 is 0.889 bits per heavy atom. The molecule has 0 nitrogen and oxygen atoms in total. The molecule has 2 aromatic rings. The summed E-state index contributed by atoms with van der Waals surface area (Å²) in [5, 5.41) is -0.689. The number of hydrogen-bond acceptors (Lipinski definition) is 0. The molecular weight excluding hydrogens is 261 g/mol. The number of hydrogen-bond donors (Lipinski definition) is 0. The highest BCUT2D eigenvalue weighted by atomic mass is 35.5. The number of rotatable bonds is 3. The van der Waals surface area contributed by atoms with Crippen LogP contribution in [0.1, 0.15) is 16.5 Å². The molecule has 2 aromatic carbocycles. The van der Waals surface area contributed by atoms with E-state index in [0.29, 0.717) is 6.42 Å². The highest BCUT2D eigenvalue weighted by Crippen LogP contribution is 2.27. The van der Waals surface area contributed by atoms with Gasteiger partial charge in [-0.2, -0.15) is 0 Å². The van der Waals surface area contributed by atoms with Gasteiger partial charge in [-0.15, -0.1) is 11.6 Å². The summed E-state index contributed by atoms with van der Waals surface area (Å²) in [7, 11) is 0. The lowest BCUT2D eigenvalue weighted by atomic mass is 10.0. The zero-order chi connectivity index (χ0) is 13.1. The fourth-order valence-corrected chi connectivity index (χ4v) is 2.04. The first-order valence-corrected chi connectivity index (χ1v) is 5.83. The molecule has 0 saturated carbocycles. The Hall–Kier alpha value is -1.48. The summed E-state index contributed by atoms with van der Waals surface area (Å²) in [6.45, 7) is 0. The Balaban J connectivity index is 2.18. The predicted molar refractivity (Wildman–Crippen MR) is 65.1 cm³/mol. The van der Waals surface area contributed by atoms with Gasteiger partial charge in [0, 0.05) is 5.56 Å². The van der Waals surface area contributed by atoms with E-state index >= 15 is 0 Å². The molecular formula is C14H10ClF3. The van der Waals surface area contributed by atoms with Crippen LogP contribution >= 0.6 is 11.6 Å². The van der Waals surface area contributed by atoms with Gasteiger partial charge in [0.25, 0.3) is 0 Å². The van der Waals surface area contributed by atoms with E-state index < -0.39 is 17.0 Å². The Bertz CT molecular complexity index is 537. The second kappa shape index (κ2) is 5.44. The summed E-state index contributed by atoms with van der Waals surface area (Å²) < 4.78 is 39.2. The van der Waals surface area contributed by atoms with Gasteiger partial charge in [0.05, 0.1) is 5.38 Å². The van der Waals surface area contributed by atoms with Crippen molar-refractivity contribution < 1.29 is 13.2 Å². The van der Waals surface area contributed by atoms with E-state index in [-0.39, 0.29) is 11.4 Å². The third kappa shape index (κ3) is 3.05. The zero-order valence-corrected chi connectivity index (χ0v) is 10.1. The second-order valence-corrected chi connectivity index (χ2v) is 4.49. The van der Waals surface area contributed by atoms with E-state index in [9.17, 15) is 13.2 Å². The molecule has 1 atom stereocenters. The van der Waals surface area contributed by atoms with Crippen LogP contribution < -0.4 is 0 Å². The maximum Gasteiger partial charge on any atom is 0.128 e. The van der Waals surface area contributed by atoms with Crippen molar-refractivity contribution in [3.63, 3.8) is 0 Å². The van der Waals surface area contributed by atoms with Crippen LogP contribution in [0.5, 0.6) is 0 Å². The molecule has 0 saturated heterocycles. The lowest BCUT2D eigenvalue weighted by Gasteiger charge is -2.11. The van der Waals surface area contributed by atoms with Crippen LogP contribution in [0.3, 0.4) is 0 Å². The van der Waals surface area contributed by atoms with Crippen LogP contribution in [0.25, 0.3) is 0 Å². The van der Waals surface area contributed by atoms with Crippen LogP contribution in [-0.4, -0.2) is 0 Å². The van der Waals surface area contributed by atoms with Gasteiger partial charge in [-0.3, -0.25) is 0 Å². The summed E-state index contributed by atoms with van der Waals surface area (Å²) >= 11 is 6.06. The minimum atomic E-state index is -0.689. The molecule has 0 aromatic heterocycles. The molecule has 0 fully saturated rings. The summed E-state index contributed by atoms with van der Waals surface area (Å²) in [4.78, 5) is 0. The van der Waals surface area contributed by atoms with Crippen molar-refractivity contribution in [1.29, 1.82) is 0 Å². The lowest BCUT2D eigenvalue weighted by Crippen LogP contribution is -2.00. The topological polar surface area (TPSA) is 0 Å².